The van der Waals surface area contributed by atoms with Crippen LogP contribution in [0.3, 0.4) is 0 Å². The topological polar surface area (TPSA) is 66.9 Å². The molecule has 2 aromatic carbocycles. The monoisotopic (exact) mass is 336 g/mol. The van der Waals surface area contributed by atoms with Gasteiger partial charge in [0.1, 0.15) is 5.82 Å². The molecule has 5 nitrogen and oxygen atoms in total. The van der Waals surface area contributed by atoms with E-state index in [4.69, 9.17) is 0 Å². The van der Waals surface area contributed by atoms with Crippen molar-refractivity contribution < 1.29 is 9.18 Å². The van der Waals surface area contributed by atoms with E-state index in [0.29, 0.717) is 17.2 Å². The van der Waals surface area contributed by atoms with Crippen LogP contribution in [-0.2, 0) is 6.42 Å². The molecule has 0 fully saturated rings. The van der Waals surface area contributed by atoms with E-state index in [1.807, 2.05) is 24.3 Å². The van der Waals surface area contributed by atoms with Gasteiger partial charge in [-0.05, 0) is 60.5 Å². The van der Waals surface area contributed by atoms with Crippen molar-refractivity contribution in [2.75, 3.05) is 10.6 Å². The molecule has 1 aromatic heterocycles. The summed E-state index contributed by atoms with van der Waals surface area (Å²) in [5.74, 6) is -0.170. The number of carbonyl (C=O) groups is 1. The van der Waals surface area contributed by atoms with Gasteiger partial charge in [0.2, 0.25) is 0 Å². The van der Waals surface area contributed by atoms with E-state index < -0.39 is 0 Å². The van der Waals surface area contributed by atoms with Crippen LogP contribution in [0.1, 0.15) is 23.0 Å². The smallest absolute Gasteiger partial charge is 0.276 e. The Hall–Kier alpha value is -3.28. The second-order valence-corrected chi connectivity index (χ2v) is 5.44. The molecule has 0 aliphatic carbocycles. The highest BCUT2D eigenvalue weighted by Crippen LogP contribution is 2.15. The van der Waals surface area contributed by atoms with Gasteiger partial charge in [0, 0.05) is 11.4 Å². The summed E-state index contributed by atoms with van der Waals surface area (Å²) in [5, 5.41) is 13.7. The molecule has 1 heterocycles. The van der Waals surface area contributed by atoms with Crippen molar-refractivity contribution in [1.29, 1.82) is 0 Å². The minimum absolute atomic E-state index is 0.212. The standard InChI is InChI=1S/C19H17FN4O/c1-2-13-3-7-16(8-4-13)22-19(25)17-11-12-18(24-23-17)21-15-9-5-14(20)6-10-15/h3-12H,2H2,1H3,(H,21,24)(H,22,25). The number of amides is 1. The highest BCUT2D eigenvalue weighted by atomic mass is 19.1. The van der Waals surface area contributed by atoms with Gasteiger partial charge in [0.15, 0.2) is 11.5 Å². The third kappa shape index (κ3) is 4.38. The lowest BCUT2D eigenvalue weighted by atomic mass is 10.1. The van der Waals surface area contributed by atoms with Gasteiger partial charge >= 0.3 is 0 Å². The molecule has 6 heteroatoms. The Morgan fingerprint density at radius 3 is 2.20 bits per heavy atom. The molecule has 0 spiro atoms. The lowest BCUT2D eigenvalue weighted by Crippen LogP contribution is -2.14. The third-order valence-electron chi connectivity index (χ3n) is 3.63. The number of aryl methyl sites for hydroxylation is 1. The number of nitrogens with one attached hydrogen (secondary N) is 2. The number of anilines is 3. The predicted molar refractivity (Wildman–Crippen MR) is 95.5 cm³/mol. The highest BCUT2D eigenvalue weighted by molar-refractivity contribution is 6.02. The normalized spacial score (nSPS) is 10.3. The van der Waals surface area contributed by atoms with Crippen LogP contribution in [0.25, 0.3) is 0 Å². The van der Waals surface area contributed by atoms with Crippen molar-refractivity contribution in [1.82, 2.24) is 10.2 Å². The SMILES string of the molecule is CCc1ccc(NC(=O)c2ccc(Nc3ccc(F)cc3)nn2)cc1. The quantitative estimate of drug-likeness (QED) is 0.734. The molecule has 25 heavy (non-hydrogen) atoms. The number of nitrogens with zero attached hydrogens (tertiary/aromatic N) is 2. The van der Waals surface area contributed by atoms with Crippen molar-refractivity contribution in [3.63, 3.8) is 0 Å². The van der Waals surface area contributed by atoms with E-state index in [1.165, 1.54) is 17.7 Å². The second-order valence-electron chi connectivity index (χ2n) is 5.44. The zero-order valence-corrected chi connectivity index (χ0v) is 13.7. The van der Waals surface area contributed by atoms with Crippen LogP contribution in [-0.4, -0.2) is 16.1 Å². The van der Waals surface area contributed by atoms with Crippen molar-refractivity contribution in [3.8, 4) is 0 Å². The van der Waals surface area contributed by atoms with Gasteiger partial charge in [-0.1, -0.05) is 19.1 Å². The molecule has 0 saturated heterocycles. The van der Waals surface area contributed by atoms with E-state index in [0.717, 1.165) is 6.42 Å². The number of rotatable bonds is 5. The van der Waals surface area contributed by atoms with Crippen molar-refractivity contribution in [2.45, 2.75) is 13.3 Å². The van der Waals surface area contributed by atoms with Crippen molar-refractivity contribution in [2.24, 2.45) is 0 Å². The van der Waals surface area contributed by atoms with Gasteiger partial charge in [-0.3, -0.25) is 4.79 Å². The average Bonchev–Trinajstić information content (AvgIpc) is 2.65. The third-order valence-corrected chi connectivity index (χ3v) is 3.63. The Morgan fingerprint density at radius 2 is 1.60 bits per heavy atom. The zero-order chi connectivity index (χ0) is 17.6. The first-order valence-electron chi connectivity index (χ1n) is 7.90. The van der Waals surface area contributed by atoms with Crippen LogP contribution >= 0.6 is 0 Å². The van der Waals surface area contributed by atoms with Gasteiger partial charge in [-0.25, -0.2) is 4.39 Å². The molecular weight excluding hydrogens is 319 g/mol. The molecule has 1 amide bonds. The van der Waals surface area contributed by atoms with Crippen molar-refractivity contribution in [3.05, 3.63) is 77.7 Å². The summed E-state index contributed by atoms with van der Waals surface area (Å²) in [5.41, 5.74) is 2.81. The molecule has 0 bridgehead atoms. The van der Waals surface area contributed by atoms with Gasteiger partial charge in [0.25, 0.3) is 5.91 Å². The van der Waals surface area contributed by atoms with E-state index >= 15 is 0 Å². The lowest BCUT2D eigenvalue weighted by Gasteiger charge is -2.07. The molecule has 3 rings (SSSR count). The minimum Gasteiger partial charge on any atom is -0.339 e. The first kappa shape index (κ1) is 16.6. The molecule has 0 aliphatic rings. The number of benzene rings is 2. The molecule has 0 radical (unpaired) electrons. The van der Waals surface area contributed by atoms with Crippen LogP contribution in [0, 0.1) is 5.82 Å². The Balaban J connectivity index is 1.64. The van der Waals surface area contributed by atoms with Gasteiger partial charge in [-0.2, -0.15) is 0 Å². The van der Waals surface area contributed by atoms with Gasteiger partial charge in [-0.15, -0.1) is 10.2 Å². The Bertz CT molecular complexity index is 846. The van der Waals surface area contributed by atoms with Crippen LogP contribution in [0.2, 0.25) is 0 Å². The summed E-state index contributed by atoms with van der Waals surface area (Å²) in [6.45, 7) is 2.07. The molecule has 0 unspecified atom stereocenters. The number of aromatic nitrogens is 2. The molecule has 3 aromatic rings. The number of hydrogen-bond donors (Lipinski definition) is 2. The van der Waals surface area contributed by atoms with E-state index in [-0.39, 0.29) is 17.4 Å². The Morgan fingerprint density at radius 1 is 0.920 bits per heavy atom. The molecule has 126 valence electrons. The summed E-state index contributed by atoms with van der Waals surface area (Å²) in [7, 11) is 0. The maximum absolute atomic E-state index is 12.9. The first-order valence-corrected chi connectivity index (χ1v) is 7.90. The number of halogens is 1. The summed E-state index contributed by atoms with van der Waals surface area (Å²) in [6.07, 6.45) is 0.947. The van der Waals surface area contributed by atoms with E-state index in [1.54, 1.807) is 24.3 Å². The van der Waals surface area contributed by atoms with Crippen LogP contribution in [0.15, 0.2) is 60.7 Å². The van der Waals surface area contributed by atoms with Gasteiger partial charge < -0.3 is 10.6 Å². The fourth-order valence-electron chi connectivity index (χ4n) is 2.22. The molecule has 0 saturated carbocycles. The van der Waals surface area contributed by atoms with Crippen molar-refractivity contribution >= 4 is 23.1 Å². The number of hydrogen-bond acceptors (Lipinski definition) is 4. The maximum Gasteiger partial charge on any atom is 0.276 e. The Kier molecular flexibility index (Phi) is 4.99. The van der Waals surface area contributed by atoms with Crippen LogP contribution in [0.5, 0.6) is 0 Å². The second kappa shape index (κ2) is 7.53. The summed E-state index contributed by atoms with van der Waals surface area (Å²) in [6, 6.07) is 16.8. The summed E-state index contributed by atoms with van der Waals surface area (Å²) in [4.78, 5) is 12.2. The Labute approximate surface area is 144 Å². The minimum atomic E-state index is -0.329. The van der Waals surface area contributed by atoms with Gasteiger partial charge in [0.05, 0.1) is 0 Å². The van der Waals surface area contributed by atoms with Crippen LogP contribution in [0.4, 0.5) is 21.6 Å². The fourth-order valence-corrected chi connectivity index (χ4v) is 2.22. The molecule has 0 atom stereocenters. The largest absolute Gasteiger partial charge is 0.339 e. The predicted octanol–water partition coefficient (Wildman–Crippen LogP) is 4.17. The fraction of sp³-hybridized carbons (Fsp3) is 0.105. The summed E-state index contributed by atoms with van der Waals surface area (Å²) >= 11 is 0. The lowest BCUT2D eigenvalue weighted by molar-refractivity contribution is 0.102. The first-order chi connectivity index (χ1) is 12.1. The average molecular weight is 336 g/mol. The summed E-state index contributed by atoms with van der Waals surface area (Å²) < 4.78 is 12.9. The maximum atomic E-state index is 12.9. The molecule has 0 aliphatic heterocycles. The highest BCUT2D eigenvalue weighted by Gasteiger charge is 2.09. The number of carbonyl (C=O) groups excluding carboxylic acids is 1. The molecule has 2 N–H and O–H groups in total. The van der Waals surface area contributed by atoms with E-state index in [2.05, 4.69) is 27.8 Å². The zero-order valence-electron chi connectivity index (χ0n) is 13.7. The molecular formula is C19H17FN4O. The van der Waals surface area contributed by atoms with Crippen LogP contribution < -0.4 is 10.6 Å². The van der Waals surface area contributed by atoms with E-state index in [9.17, 15) is 9.18 Å².